The second kappa shape index (κ2) is 10.4. The highest BCUT2D eigenvalue weighted by Crippen LogP contribution is 2.48. The Morgan fingerprint density at radius 1 is 1.18 bits per heavy atom. The Morgan fingerprint density at radius 2 is 2.00 bits per heavy atom. The third-order valence-electron chi connectivity index (χ3n) is 5.95. The van der Waals surface area contributed by atoms with Crippen LogP contribution in [0.4, 0.5) is 0 Å². The molecule has 2 aliphatic rings. The number of dihydropyridines is 1. The number of nitrogens with one attached hydrogen (secondary N) is 1. The second-order valence-corrected chi connectivity index (χ2v) is 9.77. The van der Waals surface area contributed by atoms with Crippen LogP contribution in [0.5, 0.6) is 0 Å². The standard InChI is InChI=1S/C25H25Cl2NO4S/c1-3-31-9-10-32-25(30)21-14(2)28-18-12-15(20-8-5-11-33-20)13-19(29)23(18)22(21)16-6-4-7-17(26)24(16)27/h4-8,11,15,22,28H,3,9-10,12-13H2,1-2H3/t15-,22+/m0/s1. The number of thiophene rings is 1. The monoisotopic (exact) mass is 505 g/mol. The van der Waals surface area contributed by atoms with Gasteiger partial charge in [0.05, 0.1) is 22.2 Å². The molecule has 0 amide bonds. The second-order valence-electron chi connectivity index (χ2n) is 8.01. The fourth-order valence-electron chi connectivity index (χ4n) is 4.50. The first-order valence-electron chi connectivity index (χ1n) is 10.9. The van der Waals surface area contributed by atoms with Crippen LogP contribution in [0.1, 0.15) is 49.0 Å². The van der Waals surface area contributed by atoms with Gasteiger partial charge in [0.1, 0.15) is 6.61 Å². The van der Waals surface area contributed by atoms with Crippen molar-refractivity contribution in [1.82, 2.24) is 5.32 Å². The van der Waals surface area contributed by atoms with E-state index in [0.29, 0.717) is 58.5 Å². The maximum absolute atomic E-state index is 13.5. The molecule has 2 aromatic rings. The number of rotatable bonds is 7. The van der Waals surface area contributed by atoms with Crippen molar-refractivity contribution in [2.24, 2.45) is 0 Å². The van der Waals surface area contributed by atoms with Crippen LogP contribution in [0, 0.1) is 0 Å². The molecular formula is C25H25Cl2NO4S. The maximum atomic E-state index is 13.5. The predicted molar refractivity (Wildman–Crippen MR) is 131 cm³/mol. The molecular weight excluding hydrogens is 481 g/mol. The van der Waals surface area contributed by atoms with E-state index in [-0.39, 0.29) is 18.3 Å². The zero-order valence-corrected chi connectivity index (χ0v) is 20.8. The fraction of sp³-hybridized carbons (Fsp3) is 0.360. The van der Waals surface area contributed by atoms with E-state index in [9.17, 15) is 9.59 Å². The lowest BCUT2D eigenvalue weighted by Gasteiger charge is -2.36. The van der Waals surface area contributed by atoms with Crippen molar-refractivity contribution in [2.75, 3.05) is 19.8 Å². The van der Waals surface area contributed by atoms with Gasteiger partial charge < -0.3 is 14.8 Å². The summed E-state index contributed by atoms with van der Waals surface area (Å²) >= 11 is 14.6. The summed E-state index contributed by atoms with van der Waals surface area (Å²) in [4.78, 5) is 27.9. The number of ether oxygens (including phenoxy) is 2. The van der Waals surface area contributed by atoms with Gasteiger partial charge in [-0.25, -0.2) is 4.79 Å². The molecule has 0 spiro atoms. The molecule has 0 radical (unpaired) electrons. The molecule has 1 aliphatic heterocycles. The van der Waals surface area contributed by atoms with Crippen LogP contribution >= 0.6 is 34.5 Å². The van der Waals surface area contributed by atoms with Gasteiger partial charge in [-0.2, -0.15) is 0 Å². The van der Waals surface area contributed by atoms with Gasteiger partial charge in [-0.3, -0.25) is 4.79 Å². The van der Waals surface area contributed by atoms with Gasteiger partial charge in [0.25, 0.3) is 0 Å². The average Bonchev–Trinajstić information content (AvgIpc) is 3.32. The van der Waals surface area contributed by atoms with Crippen LogP contribution in [-0.2, 0) is 19.1 Å². The Bertz CT molecular complexity index is 1120. The minimum Gasteiger partial charge on any atom is -0.460 e. The molecule has 0 unspecified atom stereocenters. The normalized spacial score (nSPS) is 20.5. The van der Waals surface area contributed by atoms with Crippen molar-refractivity contribution in [3.05, 3.63) is 78.7 Å². The van der Waals surface area contributed by atoms with Gasteiger partial charge in [-0.05, 0) is 43.3 Å². The van der Waals surface area contributed by atoms with Crippen molar-refractivity contribution in [1.29, 1.82) is 0 Å². The van der Waals surface area contributed by atoms with E-state index in [1.807, 2.05) is 31.4 Å². The van der Waals surface area contributed by atoms with Crippen molar-refractivity contribution in [2.45, 2.75) is 38.5 Å². The van der Waals surface area contributed by atoms with E-state index in [1.165, 1.54) is 4.88 Å². The van der Waals surface area contributed by atoms with Gasteiger partial charge in [-0.1, -0.05) is 41.4 Å². The maximum Gasteiger partial charge on any atom is 0.336 e. The number of halogens is 2. The Labute approximate surface area is 207 Å². The number of esters is 1. The van der Waals surface area contributed by atoms with Gasteiger partial charge in [0.2, 0.25) is 0 Å². The molecule has 174 valence electrons. The summed E-state index contributed by atoms with van der Waals surface area (Å²) in [6, 6.07) is 9.34. The Kier molecular flexibility index (Phi) is 7.59. The molecule has 1 aromatic carbocycles. The zero-order valence-electron chi connectivity index (χ0n) is 18.5. The predicted octanol–water partition coefficient (Wildman–Crippen LogP) is 6.00. The first kappa shape index (κ1) is 24.0. The van der Waals surface area contributed by atoms with Gasteiger partial charge >= 0.3 is 5.97 Å². The van der Waals surface area contributed by atoms with E-state index < -0.39 is 11.9 Å². The first-order valence-corrected chi connectivity index (χ1v) is 12.5. The topological polar surface area (TPSA) is 64.6 Å². The number of hydrogen-bond donors (Lipinski definition) is 1. The smallest absolute Gasteiger partial charge is 0.336 e. The van der Waals surface area contributed by atoms with Crippen molar-refractivity contribution in [3.8, 4) is 0 Å². The van der Waals surface area contributed by atoms with Crippen LogP contribution in [0.3, 0.4) is 0 Å². The van der Waals surface area contributed by atoms with Crippen LogP contribution in [0.15, 0.2) is 58.3 Å². The quantitative estimate of drug-likeness (QED) is 0.369. The molecule has 1 aliphatic carbocycles. The van der Waals surface area contributed by atoms with E-state index in [2.05, 4.69) is 11.4 Å². The first-order chi connectivity index (χ1) is 15.9. The van der Waals surface area contributed by atoms with E-state index in [4.69, 9.17) is 32.7 Å². The zero-order chi connectivity index (χ0) is 23.5. The largest absolute Gasteiger partial charge is 0.460 e. The number of benzene rings is 1. The number of carbonyl (C=O) groups is 2. The molecule has 33 heavy (non-hydrogen) atoms. The summed E-state index contributed by atoms with van der Waals surface area (Å²) in [7, 11) is 0. The molecule has 8 heteroatoms. The summed E-state index contributed by atoms with van der Waals surface area (Å²) in [5.41, 5.74) is 3.04. The molecule has 5 nitrogen and oxygen atoms in total. The number of Topliss-reactive ketones (excluding diaryl/α,β-unsaturated/α-hetero) is 1. The fourth-order valence-corrected chi connectivity index (χ4v) is 5.75. The number of carbonyl (C=O) groups excluding carboxylic acids is 2. The highest BCUT2D eigenvalue weighted by Gasteiger charge is 2.42. The summed E-state index contributed by atoms with van der Waals surface area (Å²) < 4.78 is 10.8. The molecule has 2 heterocycles. The molecule has 4 rings (SSSR count). The molecule has 0 fully saturated rings. The lowest BCUT2D eigenvalue weighted by atomic mass is 9.72. The molecule has 0 saturated heterocycles. The molecule has 1 aromatic heterocycles. The van der Waals surface area contributed by atoms with Crippen LogP contribution < -0.4 is 5.32 Å². The summed E-state index contributed by atoms with van der Waals surface area (Å²) in [5.74, 6) is -1.05. The highest BCUT2D eigenvalue weighted by molar-refractivity contribution is 7.10. The lowest BCUT2D eigenvalue weighted by molar-refractivity contribution is -0.140. The van der Waals surface area contributed by atoms with Crippen molar-refractivity contribution in [3.63, 3.8) is 0 Å². The van der Waals surface area contributed by atoms with Crippen molar-refractivity contribution < 1.29 is 19.1 Å². The lowest BCUT2D eigenvalue weighted by Crippen LogP contribution is -2.36. The third-order valence-corrected chi connectivity index (χ3v) is 7.82. The Balaban J connectivity index is 1.76. The third kappa shape index (κ3) is 4.90. The van der Waals surface area contributed by atoms with Crippen molar-refractivity contribution >= 4 is 46.3 Å². The van der Waals surface area contributed by atoms with Gasteiger partial charge in [0, 0.05) is 46.7 Å². The molecule has 1 N–H and O–H groups in total. The van der Waals surface area contributed by atoms with E-state index in [1.54, 1.807) is 23.5 Å². The molecule has 0 saturated carbocycles. The molecule has 0 bridgehead atoms. The SMILES string of the molecule is CCOCCOC(=O)C1=C(C)NC2=C(C(=O)C[C@@H](c3cccs3)C2)[C@@H]1c1cccc(Cl)c1Cl. The minimum absolute atomic E-state index is 0.00434. The van der Waals surface area contributed by atoms with E-state index >= 15 is 0 Å². The van der Waals surface area contributed by atoms with E-state index in [0.717, 1.165) is 5.70 Å². The van der Waals surface area contributed by atoms with Crippen LogP contribution in [-0.4, -0.2) is 31.6 Å². The number of allylic oxidation sites excluding steroid dienone is 3. The molecule has 2 atom stereocenters. The summed E-state index contributed by atoms with van der Waals surface area (Å²) in [6.07, 6.45) is 1.06. The summed E-state index contributed by atoms with van der Waals surface area (Å²) in [6.45, 7) is 4.67. The number of hydrogen-bond acceptors (Lipinski definition) is 6. The summed E-state index contributed by atoms with van der Waals surface area (Å²) in [5, 5.41) is 6.07. The van der Waals surface area contributed by atoms with Gasteiger partial charge in [0.15, 0.2) is 5.78 Å². The average molecular weight is 506 g/mol. The van der Waals surface area contributed by atoms with Gasteiger partial charge in [-0.15, -0.1) is 11.3 Å². The Hall–Kier alpha value is -2.12. The number of ketones is 1. The Morgan fingerprint density at radius 3 is 2.73 bits per heavy atom. The highest BCUT2D eigenvalue weighted by atomic mass is 35.5. The minimum atomic E-state index is -0.649. The van der Waals surface area contributed by atoms with Crippen LogP contribution in [0.25, 0.3) is 0 Å². The van der Waals surface area contributed by atoms with Crippen LogP contribution in [0.2, 0.25) is 10.0 Å².